The topological polar surface area (TPSA) is 55.8 Å². The highest BCUT2D eigenvalue weighted by molar-refractivity contribution is 6.33. The predicted molar refractivity (Wildman–Crippen MR) is 121 cm³/mol. The zero-order valence-electron chi connectivity index (χ0n) is 16.9. The molecule has 31 heavy (non-hydrogen) atoms. The number of nitrogens with one attached hydrogen (secondary N) is 1. The minimum absolute atomic E-state index is 0.146. The van der Waals surface area contributed by atoms with E-state index in [1.807, 2.05) is 12.1 Å². The molecular weight excluding hydrogens is 417 g/mol. The Hall–Kier alpha value is -3.09. The van der Waals surface area contributed by atoms with Crippen molar-refractivity contribution in [1.82, 2.24) is 4.90 Å². The zero-order valence-corrected chi connectivity index (χ0v) is 17.6. The Labute approximate surface area is 185 Å². The third-order valence-electron chi connectivity index (χ3n) is 5.36. The third-order valence-corrected chi connectivity index (χ3v) is 5.67. The molecule has 0 radical (unpaired) electrons. The van der Waals surface area contributed by atoms with Crippen LogP contribution in [-0.2, 0) is 6.54 Å². The fourth-order valence-electron chi connectivity index (χ4n) is 3.72. The second kappa shape index (κ2) is 9.37. The van der Waals surface area contributed by atoms with Gasteiger partial charge in [-0.3, -0.25) is 9.69 Å². The van der Waals surface area contributed by atoms with Gasteiger partial charge >= 0.3 is 0 Å². The highest BCUT2D eigenvalue weighted by atomic mass is 35.5. The SMILES string of the molecule is O=C(Nc1ccc(N2CCN(Cc3ccccc3)CC2)c(Cl)c1)c1ccc(O)cc1F. The Morgan fingerprint density at radius 3 is 2.42 bits per heavy atom. The highest BCUT2D eigenvalue weighted by Crippen LogP contribution is 2.30. The van der Waals surface area contributed by atoms with Crippen LogP contribution in [0.3, 0.4) is 0 Å². The van der Waals surface area contributed by atoms with E-state index in [4.69, 9.17) is 11.6 Å². The molecule has 3 aromatic rings. The van der Waals surface area contributed by atoms with Crippen LogP contribution < -0.4 is 10.2 Å². The number of nitrogens with zero attached hydrogens (tertiary/aromatic N) is 2. The van der Waals surface area contributed by atoms with Crippen molar-refractivity contribution in [2.75, 3.05) is 36.4 Å². The summed E-state index contributed by atoms with van der Waals surface area (Å²) >= 11 is 6.50. The molecule has 0 saturated carbocycles. The van der Waals surface area contributed by atoms with E-state index in [1.165, 1.54) is 17.7 Å². The number of phenols is 1. The van der Waals surface area contributed by atoms with Crippen LogP contribution >= 0.6 is 11.6 Å². The molecule has 1 aliphatic rings. The van der Waals surface area contributed by atoms with Crippen LogP contribution in [0.5, 0.6) is 5.75 Å². The Kier molecular flexibility index (Phi) is 6.39. The monoisotopic (exact) mass is 439 g/mol. The lowest BCUT2D eigenvalue weighted by molar-refractivity contribution is 0.102. The molecule has 1 amide bonds. The standard InChI is InChI=1S/C24H23ClFN3O2/c25-21-14-18(27-24(31)20-8-7-19(30)15-22(20)26)6-9-23(21)29-12-10-28(11-13-29)16-17-4-2-1-3-5-17/h1-9,14-15,30H,10-13,16H2,(H,27,31). The molecule has 1 aliphatic heterocycles. The number of phenolic OH excluding ortho intramolecular Hbond substituents is 1. The van der Waals surface area contributed by atoms with Gasteiger partial charge in [-0.25, -0.2) is 4.39 Å². The number of aromatic hydroxyl groups is 1. The minimum Gasteiger partial charge on any atom is -0.508 e. The molecule has 1 fully saturated rings. The molecule has 0 bridgehead atoms. The summed E-state index contributed by atoms with van der Waals surface area (Å²) in [7, 11) is 0. The van der Waals surface area contributed by atoms with E-state index in [0.717, 1.165) is 44.5 Å². The first-order valence-electron chi connectivity index (χ1n) is 10.1. The van der Waals surface area contributed by atoms with Crippen molar-refractivity contribution in [3.05, 3.63) is 88.7 Å². The zero-order chi connectivity index (χ0) is 21.8. The Bertz CT molecular complexity index is 1070. The number of rotatable bonds is 5. The van der Waals surface area contributed by atoms with Gasteiger partial charge < -0.3 is 15.3 Å². The maximum atomic E-state index is 13.9. The summed E-state index contributed by atoms with van der Waals surface area (Å²) in [6, 6.07) is 19.1. The van der Waals surface area contributed by atoms with Gasteiger partial charge in [0.05, 0.1) is 16.3 Å². The summed E-state index contributed by atoms with van der Waals surface area (Å²) in [4.78, 5) is 17.0. The quantitative estimate of drug-likeness (QED) is 0.602. The lowest BCUT2D eigenvalue weighted by Gasteiger charge is -2.36. The number of hydrogen-bond acceptors (Lipinski definition) is 4. The molecule has 0 atom stereocenters. The van der Waals surface area contributed by atoms with E-state index >= 15 is 0 Å². The van der Waals surface area contributed by atoms with Crippen molar-refractivity contribution in [1.29, 1.82) is 0 Å². The first kappa shape index (κ1) is 21.2. The van der Waals surface area contributed by atoms with Crippen molar-refractivity contribution in [3.8, 4) is 5.75 Å². The van der Waals surface area contributed by atoms with Gasteiger partial charge in [0, 0.05) is 44.5 Å². The van der Waals surface area contributed by atoms with Gasteiger partial charge in [-0.15, -0.1) is 0 Å². The van der Waals surface area contributed by atoms with E-state index in [2.05, 4.69) is 39.4 Å². The lowest BCUT2D eigenvalue weighted by atomic mass is 10.1. The first-order chi connectivity index (χ1) is 15.0. The Morgan fingerprint density at radius 1 is 1.00 bits per heavy atom. The number of hydrogen-bond donors (Lipinski definition) is 2. The Balaban J connectivity index is 1.37. The van der Waals surface area contributed by atoms with Crippen molar-refractivity contribution in [2.45, 2.75) is 6.54 Å². The Morgan fingerprint density at radius 2 is 1.74 bits per heavy atom. The van der Waals surface area contributed by atoms with Crippen LogP contribution in [0, 0.1) is 5.82 Å². The van der Waals surface area contributed by atoms with Gasteiger partial charge in [-0.05, 0) is 35.9 Å². The number of piperazine rings is 1. The van der Waals surface area contributed by atoms with Crippen LogP contribution in [0.2, 0.25) is 5.02 Å². The number of carbonyl (C=O) groups is 1. The molecule has 2 N–H and O–H groups in total. The smallest absolute Gasteiger partial charge is 0.258 e. The summed E-state index contributed by atoms with van der Waals surface area (Å²) in [6.07, 6.45) is 0. The fourth-order valence-corrected chi connectivity index (χ4v) is 4.02. The molecule has 3 aromatic carbocycles. The van der Waals surface area contributed by atoms with Gasteiger partial charge in [0.1, 0.15) is 11.6 Å². The van der Waals surface area contributed by atoms with Gasteiger partial charge in [0.15, 0.2) is 0 Å². The lowest BCUT2D eigenvalue weighted by Crippen LogP contribution is -2.46. The second-order valence-electron chi connectivity index (χ2n) is 7.53. The van der Waals surface area contributed by atoms with Crippen LogP contribution in [0.25, 0.3) is 0 Å². The summed E-state index contributed by atoms with van der Waals surface area (Å²) in [5, 5.41) is 12.5. The molecular formula is C24H23ClFN3O2. The third kappa shape index (κ3) is 5.16. The molecule has 5 nitrogen and oxygen atoms in total. The average molecular weight is 440 g/mol. The molecule has 0 aromatic heterocycles. The van der Waals surface area contributed by atoms with Crippen LogP contribution in [0.1, 0.15) is 15.9 Å². The number of halogens is 2. The fraction of sp³-hybridized carbons (Fsp3) is 0.208. The minimum atomic E-state index is -0.784. The number of benzene rings is 3. The van der Waals surface area contributed by atoms with Crippen molar-refractivity contribution in [2.24, 2.45) is 0 Å². The van der Waals surface area contributed by atoms with Crippen LogP contribution in [0.15, 0.2) is 66.7 Å². The molecule has 4 rings (SSSR count). The van der Waals surface area contributed by atoms with Crippen molar-refractivity contribution >= 4 is 28.9 Å². The van der Waals surface area contributed by atoms with Crippen molar-refractivity contribution < 1.29 is 14.3 Å². The first-order valence-corrected chi connectivity index (χ1v) is 10.5. The largest absolute Gasteiger partial charge is 0.508 e. The molecule has 1 heterocycles. The maximum Gasteiger partial charge on any atom is 0.258 e. The molecule has 0 unspecified atom stereocenters. The van der Waals surface area contributed by atoms with Crippen molar-refractivity contribution in [3.63, 3.8) is 0 Å². The van der Waals surface area contributed by atoms with Crippen LogP contribution in [-0.4, -0.2) is 42.1 Å². The average Bonchev–Trinajstić information content (AvgIpc) is 2.75. The van der Waals surface area contributed by atoms with Gasteiger partial charge in [0.25, 0.3) is 5.91 Å². The molecule has 0 aliphatic carbocycles. The second-order valence-corrected chi connectivity index (χ2v) is 7.94. The summed E-state index contributed by atoms with van der Waals surface area (Å²) in [5.74, 6) is -1.62. The predicted octanol–water partition coefficient (Wildman–Crippen LogP) is 4.76. The molecule has 1 saturated heterocycles. The van der Waals surface area contributed by atoms with Gasteiger partial charge in [-0.2, -0.15) is 0 Å². The summed E-state index contributed by atoms with van der Waals surface area (Å²) < 4.78 is 13.9. The number of carbonyl (C=O) groups excluding carboxylic acids is 1. The van der Waals surface area contributed by atoms with E-state index < -0.39 is 11.7 Å². The summed E-state index contributed by atoms with van der Waals surface area (Å²) in [5.41, 5.74) is 2.55. The van der Waals surface area contributed by atoms with Gasteiger partial charge in [-0.1, -0.05) is 41.9 Å². The molecule has 0 spiro atoms. The normalized spacial score (nSPS) is 14.5. The van der Waals surface area contributed by atoms with E-state index in [0.29, 0.717) is 10.7 Å². The maximum absolute atomic E-state index is 13.9. The van der Waals surface area contributed by atoms with Gasteiger partial charge in [0.2, 0.25) is 0 Å². The summed E-state index contributed by atoms with van der Waals surface area (Å²) in [6.45, 7) is 4.52. The highest BCUT2D eigenvalue weighted by Gasteiger charge is 2.20. The number of anilines is 2. The van der Waals surface area contributed by atoms with E-state index in [1.54, 1.807) is 12.1 Å². The molecule has 7 heteroatoms. The van der Waals surface area contributed by atoms with E-state index in [-0.39, 0.29) is 11.3 Å². The number of amides is 1. The van der Waals surface area contributed by atoms with Crippen LogP contribution in [0.4, 0.5) is 15.8 Å². The molecule has 160 valence electrons. The van der Waals surface area contributed by atoms with E-state index in [9.17, 15) is 14.3 Å².